The Balaban J connectivity index is 1.83. The molecule has 2 rings (SSSR count). The molecule has 0 fully saturated rings. The fourth-order valence-corrected chi connectivity index (χ4v) is 29.9. The standard InChI is InChI=1S/C33H64O6Si6/c1-33(2,29-17-21-31(22-18-29)34-25-15-27-42(7,8)38-44(11,12)36-40(3)4)30-19-23-32(24-20-30)35-26-16-28-43(9,10)39-45(13,14)37-41(5)6/h17-24,40-41H,15-16,25-28H2,1-14H3. The number of benzene rings is 2. The Morgan fingerprint density at radius 2 is 0.844 bits per heavy atom. The van der Waals surface area contributed by atoms with Crippen molar-refractivity contribution in [2.45, 2.75) is 123 Å². The van der Waals surface area contributed by atoms with E-state index in [1.54, 1.807) is 0 Å². The Kier molecular flexibility index (Phi) is 15.3. The van der Waals surface area contributed by atoms with Gasteiger partial charge in [0.25, 0.3) is 0 Å². The molecule has 0 saturated carbocycles. The molecule has 12 heteroatoms. The van der Waals surface area contributed by atoms with Gasteiger partial charge in [0, 0.05) is 5.41 Å². The number of rotatable bonds is 20. The third-order valence-electron chi connectivity index (χ3n) is 7.62. The van der Waals surface area contributed by atoms with Gasteiger partial charge in [0.2, 0.25) is 0 Å². The minimum absolute atomic E-state index is 0.133. The van der Waals surface area contributed by atoms with Crippen LogP contribution in [0.5, 0.6) is 11.5 Å². The average Bonchev–Trinajstić information content (AvgIpc) is 2.87. The lowest BCUT2D eigenvalue weighted by molar-refractivity contribution is 0.313. The van der Waals surface area contributed by atoms with E-state index in [9.17, 15) is 0 Å². The van der Waals surface area contributed by atoms with Crippen molar-refractivity contribution < 1.29 is 25.9 Å². The van der Waals surface area contributed by atoms with Crippen LogP contribution in [0.1, 0.15) is 37.8 Å². The molecule has 0 amide bonds. The summed E-state index contributed by atoms with van der Waals surface area (Å²) in [6.45, 7) is 32.8. The van der Waals surface area contributed by atoms with Gasteiger partial charge in [-0.1, -0.05) is 38.1 Å². The molecule has 0 heterocycles. The highest BCUT2D eigenvalue weighted by molar-refractivity contribution is 6.85. The second kappa shape index (κ2) is 17.0. The average molecular weight is 725 g/mol. The summed E-state index contributed by atoms with van der Waals surface area (Å²) >= 11 is 0. The molecule has 2 aromatic carbocycles. The first-order valence-corrected chi connectivity index (χ1v) is 34.3. The molecule has 0 unspecified atom stereocenters. The number of hydrogen-bond donors (Lipinski definition) is 0. The summed E-state index contributed by atoms with van der Waals surface area (Å²) in [6.07, 6.45) is 1.98. The highest BCUT2D eigenvalue weighted by Gasteiger charge is 2.36. The van der Waals surface area contributed by atoms with Gasteiger partial charge in [-0.05, 0) is 139 Å². The lowest BCUT2D eigenvalue weighted by Gasteiger charge is -2.34. The lowest BCUT2D eigenvalue weighted by Crippen LogP contribution is -2.48. The summed E-state index contributed by atoms with van der Waals surface area (Å²) in [5.74, 6) is 1.83. The van der Waals surface area contributed by atoms with Gasteiger partial charge < -0.3 is 25.9 Å². The van der Waals surface area contributed by atoms with Gasteiger partial charge in [-0.3, -0.25) is 0 Å². The van der Waals surface area contributed by atoms with Crippen LogP contribution in [0.25, 0.3) is 0 Å². The summed E-state index contributed by atoms with van der Waals surface area (Å²) in [6, 6.07) is 19.3. The molecular formula is C33H64O6Si6. The van der Waals surface area contributed by atoms with E-state index in [-0.39, 0.29) is 5.41 Å². The van der Waals surface area contributed by atoms with Crippen LogP contribution in [0.15, 0.2) is 48.5 Å². The fraction of sp³-hybridized carbons (Fsp3) is 0.636. The van der Waals surface area contributed by atoms with E-state index in [0.717, 1.165) is 36.4 Å². The van der Waals surface area contributed by atoms with E-state index >= 15 is 0 Å². The maximum atomic E-state index is 6.57. The normalized spacial score (nSPS) is 13.5. The predicted molar refractivity (Wildman–Crippen MR) is 207 cm³/mol. The Morgan fingerprint density at radius 1 is 0.533 bits per heavy atom. The molecule has 0 saturated heterocycles. The number of hydrogen-bond acceptors (Lipinski definition) is 6. The predicted octanol–water partition coefficient (Wildman–Crippen LogP) is 9.40. The van der Waals surface area contributed by atoms with E-state index in [1.807, 2.05) is 0 Å². The molecule has 0 spiro atoms. The van der Waals surface area contributed by atoms with E-state index < -0.39 is 51.8 Å². The first-order chi connectivity index (χ1) is 20.6. The van der Waals surface area contributed by atoms with Gasteiger partial charge in [0.05, 0.1) is 13.2 Å². The van der Waals surface area contributed by atoms with Gasteiger partial charge in [0.1, 0.15) is 11.5 Å². The van der Waals surface area contributed by atoms with Gasteiger partial charge in [-0.2, -0.15) is 0 Å². The van der Waals surface area contributed by atoms with Crippen LogP contribution in [0.3, 0.4) is 0 Å². The maximum Gasteiger partial charge on any atom is 0.310 e. The van der Waals surface area contributed by atoms with Crippen LogP contribution in [0.2, 0.25) is 90.7 Å². The quantitative estimate of drug-likeness (QED) is 0.100. The van der Waals surface area contributed by atoms with E-state index in [0.29, 0.717) is 13.2 Å². The highest BCUT2D eigenvalue weighted by atomic mass is 28.5. The Morgan fingerprint density at radius 3 is 1.13 bits per heavy atom. The molecule has 0 bridgehead atoms. The molecule has 0 atom stereocenters. The van der Waals surface area contributed by atoms with Crippen LogP contribution < -0.4 is 9.47 Å². The van der Waals surface area contributed by atoms with Crippen molar-refractivity contribution in [3.63, 3.8) is 0 Å². The highest BCUT2D eigenvalue weighted by Crippen LogP contribution is 2.33. The molecule has 0 radical (unpaired) electrons. The number of ether oxygens (including phenoxy) is 2. The fourth-order valence-electron chi connectivity index (χ4n) is 6.09. The Labute approximate surface area is 283 Å². The van der Waals surface area contributed by atoms with Crippen molar-refractivity contribution in [3.05, 3.63) is 59.7 Å². The van der Waals surface area contributed by atoms with Gasteiger partial charge in [0.15, 0.2) is 34.7 Å². The van der Waals surface area contributed by atoms with Crippen LogP contribution >= 0.6 is 0 Å². The van der Waals surface area contributed by atoms with Crippen molar-refractivity contribution >= 4 is 51.8 Å². The Bertz CT molecular complexity index is 1060. The summed E-state index contributed by atoms with van der Waals surface area (Å²) in [4.78, 5) is 0. The molecular weight excluding hydrogens is 661 g/mol. The van der Waals surface area contributed by atoms with Gasteiger partial charge in [-0.25, -0.2) is 0 Å². The first kappa shape index (κ1) is 40.4. The third-order valence-corrected chi connectivity index (χ3v) is 27.4. The zero-order valence-corrected chi connectivity index (χ0v) is 37.3. The summed E-state index contributed by atoms with van der Waals surface area (Å²) in [7, 11) is -9.83. The van der Waals surface area contributed by atoms with Crippen molar-refractivity contribution in [1.82, 2.24) is 0 Å². The topological polar surface area (TPSA) is 55.4 Å². The largest absolute Gasteiger partial charge is 0.494 e. The first-order valence-electron chi connectivity index (χ1n) is 16.8. The summed E-state index contributed by atoms with van der Waals surface area (Å²) < 4.78 is 37.8. The van der Waals surface area contributed by atoms with Crippen LogP contribution in [0.4, 0.5) is 0 Å². The van der Waals surface area contributed by atoms with E-state index in [2.05, 4.69) is 141 Å². The van der Waals surface area contributed by atoms with Crippen molar-refractivity contribution in [1.29, 1.82) is 0 Å². The van der Waals surface area contributed by atoms with Crippen molar-refractivity contribution in [2.75, 3.05) is 13.2 Å². The zero-order valence-electron chi connectivity index (χ0n) is 31.0. The molecule has 256 valence electrons. The Hall–Kier alpha value is -0.819. The van der Waals surface area contributed by atoms with Crippen LogP contribution in [0, 0.1) is 0 Å². The monoisotopic (exact) mass is 724 g/mol. The lowest BCUT2D eigenvalue weighted by atomic mass is 9.78. The molecule has 2 aromatic rings. The molecule has 0 N–H and O–H groups in total. The minimum Gasteiger partial charge on any atom is -0.494 e. The molecule has 0 aliphatic rings. The summed E-state index contributed by atoms with van der Waals surface area (Å²) in [5, 5.41) is 0. The van der Waals surface area contributed by atoms with E-state index in [1.165, 1.54) is 11.1 Å². The molecule has 45 heavy (non-hydrogen) atoms. The second-order valence-electron chi connectivity index (χ2n) is 15.4. The second-order valence-corrected chi connectivity index (χ2v) is 36.8. The SMILES string of the molecule is C[SiH](C)O[Si](C)(C)O[Si](C)(C)CCCOc1ccc(C(C)(C)c2ccc(OCCC[Si](C)(C)O[Si](C)(C)O[SiH](C)C)cc2)cc1. The smallest absolute Gasteiger partial charge is 0.310 e. The van der Waals surface area contributed by atoms with Crippen LogP contribution in [-0.2, 0) is 21.9 Å². The molecule has 0 aromatic heterocycles. The minimum atomic E-state index is -2.04. The molecule has 0 aliphatic heterocycles. The van der Waals surface area contributed by atoms with Crippen molar-refractivity contribution in [3.8, 4) is 11.5 Å². The van der Waals surface area contributed by atoms with Gasteiger partial charge in [-0.15, -0.1) is 0 Å². The van der Waals surface area contributed by atoms with E-state index in [4.69, 9.17) is 25.9 Å². The third kappa shape index (κ3) is 15.3. The van der Waals surface area contributed by atoms with Crippen molar-refractivity contribution in [2.24, 2.45) is 0 Å². The summed E-state index contributed by atoms with van der Waals surface area (Å²) in [5.41, 5.74) is 2.38. The molecule has 0 aliphatic carbocycles. The maximum absolute atomic E-state index is 6.57. The zero-order chi connectivity index (χ0) is 34.1. The van der Waals surface area contributed by atoms with Crippen LogP contribution in [-0.4, -0.2) is 65.1 Å². The van der Waals surface area contributed by atoms with Gasteiger partial charge >= 0.3 is 17.1 Å². The molecule has 6 nitrogen and oxygen atoms in total.